The zero-order chi connectivity index (χ0) is 19.3. The second kappa shape index (κ2) is 8.36. The monoisotopic (exact) mass is 372 g/mol. The lowest BCUT2D eigenvalue weighted by molar-refractivity contribution is 0.101. The molecule has 1 N–H and O–H groups in total. The van der Waals surface area contributed by atoms with Crippen LogP contribution in [0.15, 0.2) is 60.8 Å². The molecular formula is C24H24N2O2. The Morgan fingerprint density at radius 2 is 2.04 bits per heavy atom. The molecular weight excluding hydrogens is 348 g/mol. The second-order valence-electron chi connectivity index (χ2n) is 7.14. The van der Waals surface area contributed by atoms with E-state index >= 15 is 0 Å². The van der Waals surface area contributed by atoms with Crippen molar-refractivity contribution in [1.29, 1.82) is 0 Å². The van der Waals surface area contributed by atoms with Gasteiger partial charge in [0.2, 0.25) is 0 Å². The summed E-state index contributed by atoms with van der Waals surface area (Å²) in [7, 11) is 0. The molecule has 0 bridgehead atoms. The van der Waals surface area contributed by atoms with Crippen LogP contribution in [0.3, 0.4) is 0 Å². The van der Waals surface area contributed by atoms with E-state index in [-0.39, 0.29) is 5.78 Å². The van der Waals surface area contributed by atoms with Crippen LogP contribution in [-0.2, 0) is 19.6 Å². The van der Waals surface area contributed by atoms with Gasteiger partial charge in [-0.05, 0) is 79.4 Å². The number of aryl methyl sites for hydroxylation is 1. The molecule has 0 spiro atoms. The van der Waals surface area contributed by atoms with E-state index in [1.54, 1.807) is 13.1 Å². The first-order valence-electron chi connectivity index (χ1n) is 9.71. The highest BCUT2D eigenvalue weighted by molar-refractivity contribution is 5.96. The minimum atomic E-state index is 0.0500. The van der Waals surface area contributed by atoms with Gasteiger partial charge in [-0.1, -0.05) is 18.2 Å². The van der Waals surface area contributed by atoms with Crippen LogP contribution in [0, 0.1) is 0 Å². The van der Waals surface area contributed by atoms with E-state index in [4.69, 9.17) is 4.74 Å². The number of nitrogens with zero attached hydrogens (tertiary/aromatic N) is 1. The summed E-state index contributed by atoms with van der Waals surface area (Å²) in [4.78, 5) is 16.3. The molecule has 2 aromatic carbocycles. The van der Waals surface area contributed by atoms with Crippen LogP contribution >= 0.6 is 0 Å². The number of hydrogen-bond donors (Lipinski definition) is 1. The Hall–Kier alpha value is -2.98. The van der Waals surface area contributed by atoms with Gasteiger partial charge >= 0.3 is 0 Å². The number of carbonyl (C=O) groups is 1. The number of ether oxygens (including phenoxy) is 1. The molecule has 0 unspecified atom stereocenters. The smallest absolute Gasteiger partial charge is 0.159 e. The SMILES string of the molecule is CC(=O)c1ccc(OCc2ccccn2)c(-c2ccc3c(c2)CNCCC3)c1. The average molecular weight is 372 g/mol. The Morgan fingerprint density at radius 3 is 2.86 bits per heavy atom. The van der Waals surface area contributed by atoms with Crippen molar-refractivity contribution in [3.63, 3.8) is 0 Å². The van der Waals surface area contributed by atoms with Crippen molar-refractivity contribution in [2.24, 2.45) is 0 Å². The molecule has 28 heavy (non-hydrogen) atoms. The number of carbonyl (C=O) groups excluding carboxylic acids is 1. The second-order valence-corrected chi connectivity index (χ2v) is 7.14. The van der Waals surface area contributed by atoms with Gasteiger partial charge in [0.15, 0.2) is 5.78 Å². The number of fused-ring (bicyclic) bond motifs is 1. The molecule has 1 aliphatic rings. The predicted molar refractivity (Wildman–Crippen MR) is 110 cm³/mol. The van der Waals surface area contributed by atoms with Crippen LogP contribution in [-0.4, -0.2) is 17.3 Å². The fourth-order valence-corrected chi connectivity index (χ4v) is 3.56. The third-order valence-corrected chi connectivity index (χ3v) is 5.12. The molecule has 0 saturated carbocycles. The molecule has 4 heteroatoms. The van der Waals surface area contributed by atoms with E-state index in [0.29, 0.717) is 12.2 Å². The Bertz CT molecular complexity index is 983. The van der Waals surface area contributed by atoms with Crippen molar-refractivity contribution in [2.45, 2.75) is 32.9 Å². The van der Waals surface area contributed by atoms with Gasteiger partial charge in [0, 0.05) is 23.9 Å². The summed E-state index contributed by atoms with van der Waals surface area (Å²) < 4.78 is 6.09. The minimum Gasteiger partial charge on any atom is -0.487 e. The summed E-state index contributed by atoms with van der Waals surface area (Å²) in [5.41, 5.74) is 6.28. The van der Waals surface area contributed by atoms with Gasteiger partial charge in [0.25, 0.3) is 0 Å². The largest absolute Gasteiger partial charge is 0.487 e. The maximum absolute atomic E-state index is 11.9. The molecule has 3 aromatic rings. The van der Waals surface area contributed by atoms with E-state index in [1.807, 2.05) is 36.4 Å². The van der Waals surface area contributed by atoms with Gasteiger partial charge in [-0.2, -0.15) is 0 Å². The number of hydrogen-bond acceptors (Lipinski definition) is 4. The third kappa shape index (κ3) is 4.12. The molecule has 1 aromatic heterocycles. The lowest BCUT2D eigenvalue weighted by Gasteiger charge is -2.15. The van der Waals surface area contributed by atoms with Crippen molar-refractivity contribution in [2.75, 3.05) is 6.54 Å². The summed E-state index contributed by atoms with van der Waals surface area (Å²) in [6, 6.07) is 18.0. The van der Waals surface area contributed by atoms with E-state index in [1.165, 1.54) is 11.1 Å². The molecule has 0 fully saturated rings. The molecule has 2 heterocycles. The van der Waals surface area contributed by atoms with Crippen molar-refractivity contribution >= 4 is 5.78 Å². The predicted octanol–water partition coefficient (Wildman–Crippen LogP) is 4.57. The molecule has 0 atom stereocenters. The zero-order valence-corrected chi connectivity index (χ0v) is 16.1. The summed E-state index contributed by atoms with van der Waals surface area (Å²) in [5.74, 6) is 0.811. The molecule has 0 radical (unpaired) electrons. The van der Waals surface area contributed by atoms with Crippen LogP contribution in [0.5, 0.6) is 5.75 Å². The first-order chi connectivity index (χ1) is 13.7. The van der Waals surface area contributed by atoms with Crippen molar-refractivity contribution in [3.8, 4) is 16.9 Å². The number of rotatable bonds is 5. The number of Topliss-reactive ketones (excluding diaryl/α,β-unsaturated/α-hetero) is 1. The maximum atomic E-state index is 11.9. The molecule has 4 rings (SSSR count). The molecule has 4 nitrogen and oxygen atoms in total. The first kappa shape index (κ1) is 18.4. The maximum Gasteiger partial charge on any atom is 0.159 e. The number of ketones is 1. The highest BCUT2D eigenvalue weighted by Gasteiger charge is 2.14. The summed E-state index contributed by atoms with van der Waals surface area (Å²) >= 11 is 0. The average Bonchev–Trinajstić information content (AvgIpc) is 2.97. The van der Waals surface area contributed by atoms with E-state index < -0.39 is 0 Å². The number of nitrogens with one attached hydrogen (secondary N) is 1. The lowest BCUT2D eigenvalue weighted by atomic mass is 9.95. The lowest BCUT2D eigenvalue weighted by Crippen LogP contribution is -2.12. The van der Waals surface area contributed by atoms with Crippen LogP contribution < -0.4 is 10.1 Å². The van der Waals surface area contributed by atoms with Gasteiger partial charge in [-0.15, -0.1) is 0 Å². The number of benzene rings is 2. The molecule has 1 aliphatic heterocycles. The Balaban J connectivity index is 1.70. The molecule has 142 valence electrons. The van der Waals surface area contributed by atoms with Gasteiger partial charge in [-0.25, -0.2) is 0 Å². The number of pyridine rings is 1. The highest BCUT2D eigenvalue weighted by Crippen LogP contribution is 2.33. The van der Waals surface area contributed by atoms with Crippen molar-refractivity contribution in [1.82, 2.24) is 10.3 Å². The Morgan fingerprint density at radius 1 is 1.11 bits per heavy atom. The summed E-state index contributed by atoms with van der Waals surface area (Å²) in [6.07, 6.45) is 4.02. The normalized spacial score (nSPS) is 13.5. The van der Waals surface area contributed by atoms with Gasteiger partial charge < -0.3 is 10.1 Å². The van der Waals surface area contributed by atoms with E-state index in [9.17, 15) is 4.79 Å². The van der Waals surface area contributed by atoms with Crippen molar-refractivity contribution in [3.05, 3.63) is 83.2 Å². The number of aromatic nitrogens is 1. The third-order valence-electron chi connectivity index (χ3n) is 5.12. The Labute approximate surface area is 165 Å². The standard InChI is InChI=1S/C24H24N2O2/c1-17(27)19-9-10-24(28-16-22-6-2-3-12-26-22)23(14-19)20-8-7-18-5-4-11-25-15-21(18)13-20/h2-3,6-10,12-14,25H,4-5,11,15-16H2,1H3. The minimum absolute atomic E-state index is 0.0500. The van der Waals surface area contributed by atoms with Gasteiger partial charge in [0.05, 0.1) is 5.69 Å². The van der Waals surface area contributed by atoms with Crippen LogP contribution in [0.2, 0.25) is 0 Å². The first-order valence-corrected chi connectivity index (χ1v) is 9.71. The quantitative estimate of drug-likeness (QED) is 0.667. The molecule has 0 amide bonds. The van der Waals surface area contributed by atoms with E-state index in [0.717, 1.165) is 48.5 Å². The fourth-order valence-electron chi connectivity index (χ4n) is 3.56. The fraction of sp³-hybridized carbons (Fsp3) is 0.250. The zero-order valence-electron chi connectivity index (χ0n) is 16.1. The molecule has 0 saturated heterocycles. The van der Waals surface area contributed by atoms with Crippen LogP contribution in [0.25, 0.3) is 11.1 Å². The van der Waals surface area contributed by atoms with Crippen LogP contribution in [0.4, 0.5) is 0 Å². The van der Waals surface area contributed by atoms with E-state index in [2.05, 4.69) is 28.5 Å². The summed E-state index contributed by atoms with van der Waals surface area (Å²) in [6.45, 7) is 3.90. The van der Waals surface area contributed by atoms with Gasteiger partial charge in [0.1, 0.15) is 12.4 Å². The highest BCUT2D eigenvalue weighted by atomic mass is 16.5. The summed E-state index contributed by atoms with van der Waals surface area (Å²) in [5, 5.41) is 3.48. The van der Waals surface area contributed by atoms with Crippen LogP contribution in [0.1, 0.15) is 40.5 Å². The Kier molecular flexibility index (Phi) is 5.49. The van der Waals surface area contributed by atoms with Crippen molar-refractivity contribution < 1.29 is 9.53 Å². The molecule has 0 aliphatic carbocycles. The van der Waals surface area contributed by atoms with Gasteiger partial charge in [-0.3, -0.25) is 9.78 Å². The topological polar surface area (TPSA) is 51.2 Å².